The molecule has 3 aromatic carbocycles. The minimum atomic E-state index is -5.08. The number of carbonyl (C=O) groups is 3. The molecule has 1 atom stereocenters. The molecule has 0 saturated carbocycles. The molecule has 2 heterocycles. The number of anilines is 3. The van der Waals surface area contributed by atoms with E-state index in [1.54, 1.807) is 0 Å². The molecular weight excluding hydrogens is 736 g/mol. The topological polar surface area (TPSA) is 111 Å². The number of benzene rings is 3. The Kier molecular flexibility index (Phi) is 9.96. The summed E-state index contributed by atoms with van der Waals surface area (Å²) in [6.07, 6.45) is -10.00. The van der Waals surface area contributed by atoms with Crippen LogP contribution in [0.5, 0.6) is 0 Å². The molecule has 51 heavy (non-hydrogen) atoms. The van der Waals surface area contributed by atoms with Crippen molar-refractivity contribution in [1.82, 2.24) is 5.32 Å². The first-order chi connectivity index (χ1) is 23.5. The van der Waals surface area contributed by atoms with Crippen LogP contribution in [0.15, 0.2) is 42.5 Å². The number of nitrogens with zero attached hydrogens (tertiary/aromatic N) is 2. The van der Waals surface area contributed by atoms with Crippen molar-refractivity contribution in [2.75, 3.05) is 41.5 Å². The Morgan fingerprint density at radius 3 is 2.35 bits per heavy atom. The third-order valence-electron chi connectivity index (χ3n) is 8.04. The van der Waals surface area contributed by atoms with Crippen molar-refractivity contribution in [1.29, 1.82) is 0 Å². The lowest BCUT2D eigenvalue weighted by Gasteiger charge is -2.39. The highest BCUT2D eigenvalue weighted by Gasteiger charge is 2.51. The molecule has 9 nitrogen and oxygen atoms in total. The number of fused-ring (bicyclic) bond motifs is 3. The Labute approximate surface area is 291 Å². The molecular formula is C32H29ClF8N4O5Si. The SMILES string of the molecule is C[Si](C)(C)CCOCN1C(=O)CN(CC(F)(F)F)c2cc(NC(=O)c3cc(F)cc(C(F)(F)F)c3)c3c(c21)C(=O)NC3(O)c1cc(F)ccc1Cl. The zero-order chi connectivity index (χ0) is 37.8. The Morgan fingerprint density at radius 2 is 1.73 bits per heavy atom. The molecule has 0 fully saturated rings. The largest absolute Gasteiger partial charge is 0.416 e. The summed E-state index contributed by atoms with van der Waals surface area (Å²) in [6.45, 7) is 3.10. The van der Waals surface area contributed by atoms with Gasteiger partial charge in [0.1, 0.15) is 24.9 Å². The zero-order valence-electron chi connectivity index (χ0n) is 27.0. The summed E-state index contributed by atoms with van der Waals surface area (Å²) in [5, 5.41) is 16.1. The summed E-state index contributed by atoms with van der Waals surface area (Å²) in [7, 11) is -1.66. The number of nitrogens with one attached hydrogen (secondary N) is 2. The minimum Gasteiger partial charge on any atom is -0.363 e. The molecule has 5 rings (SSSR count). The molecule has 0 aromatic heterocycles. The Bertz CT molecular complexity index is 1920. The standard InChI is InChI=1S/C32H29ClF8N4O5Si/c1-51(2,3)7-6-50-15-45-24(46)13-44(14-30(36,37)38)23-12-22(42-28(47)16-8-17(32(39,40)41)10-19(35)9-16)26-25(27(23)45)29(48)43-31(26,49)20-11-18(34)4-5-21(20)33/h4-5,8-12,49H,6-7,13-15H2,1-3H3,(H,42,47)(H,43,48). The fourth-order valence-electron chi connectivity index (χ4n) is 5.70. The zero-order valence-corrected chi connectivity index (χ0v) is 28.7. The third kappa shape index (κ3) is 7.98. The molecule has 3 amide bonds. The lowest BCUT2D eigenvalue weighted by molar-refractivity contribution is -0.137. The van der Waals surface area contributed by atoms with Crippen molar-refractivity contribution in [3.63, 3.8) is 0 Å². The molecule has 0 radical (unpaired) electrons. The Morgan fingerprint density at radius 1 is 1.04 bits per heavy atom. The van der Waals surface area contributed by atoms with Crippen LogP contribution in [-0.2, 0) is 21.4 Å². The normalized spacial score (nSPS) is 17.7. The number of hydrogen-bond donors (Lipinski definition) is 3. The minimum absolute atomic E-state index is 0.132. The molecule has 0 bridgehead atoms. The molecule has 2 aliphatic heterocycles. The summed E-state index contributed by atoms with van der Waals surface area (Å²) in [5.74, 6) is -6.00. The highest BCUT2D eigenvalue weighted by Crippen LogP contribution is 2.51. The van der Waals surface area contributed by atoms with Crippen LogP contribution in [0, 0.1) is 11.6 Å². The highest BCUT2D eigenvalue weighted by molar-refractivity contribution is 6.76. The van der Waals surface area contributed by atoms with Gasteiger partial charge in [-0.3, -0.25) is 19.3 Å². The number of carbonyl (C=O) groups excluding carboxylic acids is 3. The average molecular weight is 765 g/mol. The number of hydrogen-bond acceptors (Lipinski definition) is 6. The Hall–Kier alpha value is -4.26. The number of amides is 3. The molecule has 1 unspecified atom stereocenters. The molecule has 0 saturated heterocycles. The van der Waals surface area contributed by atoms with E-state index in [0.717, 1.165) is 29.2 Å². The van der Waals surface area contributed by atoms with E-state index in [4.69, 9.17) is 16.3 Å². The molecule has 0 spiro atoms. The first-order valence-corrected chi connectivity index (χ1v) is 19.2. The predicted molar refractivity (Wildman–Crippen MR) is 172 cm³/mol. The van der Waals surface area contributed by atoms with Crippen LogP contribution in [0.4, 0.5) is 52.2 Å². The van der Waals surface area contributed by atoms with Gasteiger partial charge >= 0.3 is 12.4 Å². The van der Waals surface area contributed by atoms with Gasteiger partial charge in [-0.2, -0.15) is 26.3 Å². The lowest BCUT2D eigenvalue weighted by Crippen LogP contribution is -2.50. The smallest absolute Gasteiger partial charge is 0.363 e. The maximum absolute atomic E-state index is 14.5. The number of alkyl halides is 6. The van der Waals surface area contributed by atoms with Gasteiger partial charge in [0.05, 0.1) is 34.7 Å². The molecule has 2 aliphatic rings. The van der Waals surface area contributed by atoms with Crippen molar-refractivity contribution in [3.8, 4) is 0 Å². The van der Waals surface area contributed by atoms with Crippen LogP contribution in [0.25, 0.3) is 0 Å². The van der Waals surface area contributed by atoms with E-state index in [2.05, 4.69) is 10.6 Å². The van der Waals surface area contributed by atoms with E-state index in [9.17, 15) is 54.6 Å². The van der Waals surface area contributed by atoms with Crippen molar-refractivity contribution in [2.24, 2.45) is 0 Å². The van der Waals surface area contributed by atoms with Gasteiger partial charge in [0.2, 0.25) is 5.91 Å². The predicted octanol–water partition coefficient (Wildman–Crippen LogP) is 6.85. The van der Waals surface area contributed by atoms with Gasteiger partial charge in [-0.25, -0.2) is 8.78 Å². The third-order valence-corrected chi connectivity index (χ3v) is 10.1. The summed E-state index contributed by atoms with van der Waals surface area (Å²) in [6, 6.07) is 5.04. The van der Waals surface area contributed by atoms with E-state index in [0.29, 0.717) is 23.1 Å². The lowest BCUT2D eigenvalue weighted by atomic mass is 9.90. The molecule has 19 heteroatoms. The van der Waals surface area contributed by atoms with Gasteiger partial charge < -0.3 is 25.4 Å². The van der Waals surface area contributed by atoms with Crippen LogP contribution < -0.4 is 20.4 Å². The first-order valence-electron chi connectivity index (χ1n) is 15.1. The maximum atomic E-state index is 14.5. The monoisotopic (exact) mass is 764 g/mol. The fourth-order valence-corrected chi connectivity index (χ4v) is 6.71. The van der Waals surface area contributed by atoms with E-state index >= 15 is 0 Å². The van der Waals surface area contributed by atoms with Crippen molar-refractivity contribution in [2.45, 2.75) is 43.8 Å². The second-order valence-corrected chi connectivity index (χ2v) is 19.2. The van der Waals surface area contributed by atoms with Gasteiger partial charge in [0, 0.05) is 36.4 Å². The van der Waals surface area contributed by atoms with Crippen molar-refractivity contribution >= 4 is 54.5 Å². The van der Waals surface area contributed by atoms with E-state index in [1.165, 1.54) is 0 Å². The number of rotatable bonds is 9. The van der Waals surface area contributed by atoms with Gasteiger partial charge in [0.25, 0.3) is 11.8 Å². The fraction of sp³-hybridized carbons (Fsp3) is 0.344. The van der Waals surface area contributed by atoms with Crippen LogP contribution >= 0.6 is 11.6 Å². The molecule has 274 valence electrons. The quantitative estimate of drug-likeness (QED) is 0.125. The number of ether oxygens (including phenoxy) is 1. The second-order valence-electron chi connectivity index (χ2n) is 13.2. The number of halogens is 9. The van der Waals surface area contributed by atoms with Crippen LogP contribution in [0.3, 0.4) is 0 Å². The molecule has 3 N–H and O–H groups in total. The molecule has 0 aliphatic carbocycles. The van der Waals surface area contributed by atoms with Crippen molar-refractivity contribution < 1.29 is 59.4 Å². The van der Waals surface area contributed by atoms with E-state index in [-0.39, 0.29) is 17.7 Å². The summed E-state index contributed by atoms with van der Waals surface area (Å²) in [5.41, 5.74) is -8.68. The summed E-state index contributed by atoms with van der Waals surface area (Å²) < 4.78 is 116. The van der Waals surface area contributed by atoms with Crippen LogP contribution in [-0.4, -0.2) is 63.5 Å². The highest BCUT2D eigenvalue weighted by atomic mass is 35.5. The van der Waals surface area contributed by atoms with E-state index < -0.39 is 120 Å². The Balaban J connectivity index is 1.76. The van der Waals surface area contributed by atoms with Crippen molar-refractivity contribution in [3.05, 3.63) is 86.9 Å². The number of aliphatic hydroxyl groups is 1. The first kappa shape index (κ1) is 38.0. The van der Waals surface area contributed by atoms with Crippen LogP contribution in [0.2, 0.25) is 30.7 Å². The molecule has 3 aromatic rings. The van der Waals surface area contributed by atoms with Gasteiger partial charge in [-0.15, -0.1) is 0 Å². The second kappa shape index (κ2) is 13.4. The van der Waals surface area contributed by atoms with Crippen LogP contribution in [0.1, 0.15) is 37.4 Å². The maximum Gasteiger partial charge on any atom is 0.416 e. The van der Waals surface area contributed by atoms with Gasteiger partial charge in [0.15, 0.2) is 5.72 Å². The summed E-state index contributed by atoms with van der Waals surface area (Å²) in [4.78, 5) is 42.2. The average Bonchev–Trinajstić information content (AvgIpc) is 3.26. The van der Waals surface area contributed by atoms with E-state index in [1.807, 2.05) is 19.6 Å². The summed E-state index contributed by atoms with van der Waals surface area (Å²) >= 11 is 6.30. The van der Waals surface area contributed by atoms with Gasteiger partial charge in [-0.05, 0) is 48.5 Å². The van der Waals surface area contributed by atoms with Gasteiger partial charge in [-0.1, -0.05) is 31.2 Å².